The third kappa shape index (κ3) is 4.39. The lowest BCUT2D eigenvalue weighted by atomic mass is 10.2. The van der Waals surface area contributed by atoms with E-state index in [1.807, 2.05) is 6.92 Å². The second-order valence-corrected chi connectivity index (χ2v) is 3.33. The summed E-state index contributed by atoms with van der Waals surface area (Å²) in [7, 11) is 0. The number of pyridine rings is 1. The van der Waals surface area contributed by atoms with E-state index in [2.05, 4.69) is 10.3 Å². The van der Waals surface area contributed by atoms with Crippen molar-refractivity contribution in [2.24, 2.45) is 0 Å². The van der Waals surface area contributed by atoms with Gasteiger partial charge in [0.1, 0.15) is 12.4 Å². The molecular formula is C10H15F2N3O. The monoisotopic (exact) mass is 231 g/mol. The average Bonchev–Trinajstić information content (AvgIpc) is 2.20. The van der Waals surface area contributed by atoms with Gasteiger partial charge < -0.3 is 15.8 Å². The van der Waals surface area contributed by atoms with E-state index in [1.165, 1.54) is 6.20 Å². The van der Waals surface area contributed by atoms with Crippen molar-refractivity contribution in [2.75, 3.05) is 30.8 Å². The van der Waals surface area contributed by atoms with Gasteiger partial charge in [-0.3, -0.25) is 0 Å². The van der Waals surface area contributed by atoms with Crippen LogP contribution in [0.5, 0.6) is 0 Å². The molecule has 0 saturated carbocycles. The number of rotatable bonds is 6. The lowest BCUT2D eigenvalue weighted by molar-refractivity contribution is 0.0214. The Hall–Kier alpha value is -1.43. The molecule has 1 aromatic heterocycles. The van der Waals surface area contributed by atoms with Crippen LogP contribution in [-0.2, 0) is 4.74 Å². The van der Waals surface area contributed by atoms with Crippen molar-refractivity contribution < 1.29 is 13.5 Å². The van der Waals surface area contributed by atoms with Gasteiger partial charge >= 0.3 is 0 Å². The Morgan fingerprint density at radius 1 is 1.56 bits per heavy atom. The van der Waals surface area contributed by atoms with Gasteiger partial charge in [-0.05, 0) is 18.6 Å². The molecule has 0 aliphatic heterocycles. The fourth-order valence-electron chi connectivity index (χ4n) is 1.20. The van der Waals surface area contributed by atoms with Crippen LogP contribution in [0.1, 0.15) is 5.56 Å². The molecule has 0 amide bonds. The van der Waals surface area contributed by atoms with Crippen LogP contribution in [0, 0.1) is 6.92 Å². The largest absolute Gasteiger partial charge is 0.397 e. The fourth-order valence-corrected chi connectivity index (χ4v) is 1.20. The van der Waals surface area contributed by atoms with E-state index in [0.29, 0.717) is 18.1 Å². The number of nitrogens with zero attached hydrogens (tertiary/aromatic N) is 1. The second-order valence-electron chi connectivity index (χ2n) is 3.33. The number of anilines is 2. The minimum absolute atomic E-state index is 0.218. The highest BCUT2D eigenvalue weighted by Gasteiger charge is 2.02. The first-order valence-electron chi connectivity index (χ1n) is 4.91. The number of alkyl halides is 2. The Kier molecular flexibility index (Phi) is 4.91. The van der Waals surface area contributed by atoms with Crippen LogP contribution in [-0.4, -0.2) is 31.2 Å². The Morgan fingerprint density at radius 3 is 2.94 bits per heavy atom. The summed E-state index contributed by atoms with van der Waals surface area (Å²) in [6.07, 6.45) is -0.883. The van der Waals surface area contributed by atoms with E-state index in [0.717, 1.165) is 5.56 Å². The normalized spacial score (nSPS) is 10.8. The number of nitrogens with one attached hydrogen (secondary N) is 1. The number of halogens is 2. The summed E-state index contributed by atoms with van der Waals surface area (Å²) in [4.78, 5) is 4.07. The number of hydrogen-bond acceptors (Lipinski definition) is 4. The van der Waals surface area contributed by atoms with Crippen molar-refractivity contribution >= 4 is 11.5 Å². The molecule has 90 valence electrons. The zero-order valence-corrected chi connectivity index (χ0v) is 9.04. The Morgan fingerprint density at radius 2 is 2.31 bits per heavy atom. The van der Waals surface area contributed by atoms with E-state index < -0.39 is 13.0 Å². The smallest absolute Gasteiger partial charge is 0.261 e. The van der Waals surface area contributed by atoms with Crippen molar-refractivity contribution in [3.8, 4) is 0 Å². The van der Waals surface area contributed by atoms with Gasteiger partial charge in [-0.2, -0.15) is 0 Å². The Bertz CT molecular complexity index is 334. The molecule has 16 heavy (non-hydrogen) atoms. The molecule has 0 aliphatic carbocycles. The molecule has 4 nitrogen and oxygen atoms in total. The standard InChI is InChI=1S/C10H15F2N3O/c1-7-4-8(13)5-15-10(7)14-2-3-16-6-9(11)12/h4-5,9H,2-3,6,13H2,1H3,(H,14,15). The number of nitrogens with two attached hydrogens (primary N) is 1. The molecule has 0 bridgehead atoms. The number of aryl methyl sites for hydroxylation is 1. The summed E-state index contributed by atoms with van der Waals surface area (Å²) in [5, 5.41) is 2.98. The minimum Gasteiger partial charge on any atom is -0.397 e. The fraction of sp³-hybridized carbons (Fsp3) is 0.500. The molecule has 1 rings (SSSR count). The molecule has 0 aromatic carbocycles. The van der Waals surface area contributed by atoms with Crippen molar-refractivity contribution in [3.05, 3.63) is 17.8 Å². The molecule has 0 atom stereocenters. The highest BCUT2D eigenvalue weighted by atomic mass is 19.3. The molecule has 1 heterocycles. The Balaban J connectivity index is 2.27. The molecular weight excluding hydrogens is 216 g/mol. The van der Waals surface area contributed by atoms with Gasteiger partial charge in [0.25, 0.3) is 6.43 Å². The van der Waals surface area contributed by atoms with Gasteiger partial charge in [0, 0.05) is 6.54 Å². The maximum Gasteiger partial charge on any atom is 0.261 e. The molecule has 0 saturated heterocycles. The van der Waals surface area contributed by atoms with Gasteiger partial charge in [0.05, 0.1) is 18.5 Å². The van der Waals surface area contributed by atoms with Crippen LogP contribution in [0.4, 0.5) is 20.3 Å². The average molecular weight is 231 g/mol. The van der Waals surface area contributed by atoms with Crippen molar-refractivity contribution in [1.29, 1.82) is 0 Å². The maximum atomic E-state index is 11.7. The second kappa shape index (κ2) is 6.22. The highest BCUT2D eigenvalue weighted by Crippen LogP contribution is 2.13. The van der Waals surface area contributed by atoms with E-state index in [-0.39, 0.29) is 6.61 Å². The highest BCUT2D eigenvalue weighted by molar-refractivity contribution is 5.50. The summed E-state index contributed by atoms with van der Waals surface area (Å²) in [5.41, 5.74) is 7.04. The number of aromatic nitrogens is 1. The Labute approximate surface area is 92.8 Å². The number of nitrogen functional groups attached to an aromatic ring is 1. The van der Waals surface area contributed by atoms with Crippen LogP contribution in [0.25, 0.3) is 0 Å². The summed E-state index contributed by atoms with van der Waals surface area (Å²) in [5.74, 6) is 0.690. The molecule has 3 N–H and O–H groups in total. The minimum atomic E-state index is -2.42. The van der Waals surface area contributed by atoms with Crippen LogP contribution >= 0.6 is 0 Å². The van der Waals surface area contributed by atoms with Gasteiger partial charge in [0.15, 0.2) is 0 Å². The number of ether oxygens (including phenoxy) is 1. The van der Waals surface area contributed by atoms with E-state index in [1.54, 1.807) is 6.07 Å². The number of hydrogen-bond donors (Lipinski definition) is 2. The van der Waals surface area contributed by atoms with Crippen molar-refractivity contribution in [3.63, 3.8) is 0 Å². The van der Waals surface area contributed by atoms with Gasteiger partial charge in [-0.15, -0.1) is 0 Å². The molecule has 0 spiro atoms. The summed E-state index contributed by atoms with van der Waals surface area (Å²) < 4.78 is 28.2. The first-order chi connectivity index (χ1) is 7.59. The first kappa shape index (κ1) is 12.6. The summed E-state index contributed by atoms with van der Waals surface area (Å²) in [6.45, 7) is 1.99. The molecule has 6 heteroatoms. The molecule has 0 aliphatic rings. The molecule has 0 fully saturated rings. The lowest BCUT2D eigenvalue weighted by Gasteiger charge is -2.09. The molecule has 0 unspecified atom stereocenters. The maximum absolute atomic E-state index is 11.7. The van der Waals surface area contributed by atoms with E-state index in [4.69, 9.17) is 10.5 Å². The quantitative estimate of drug-likeness (QED) is 0.731. The topological polar surface area (TPSA) is 60.2 Å². The van der Waals surface area contributed by atoms with Crippen molar-refractivity contribution in [1.82, 2.24) is 4.98 Å². The van der Waals surface area contributed by atoms with Gasteiger partial charge in [-0.1, -0.05) is 0 Å². The zero-order chi connectivity index (χ0) is 12.0. The van der Waals surface area contributed by atoms with Gasteiger partial charge in [0.2, 0.25) is 0 Å². The SMILES string of the molecule is Cc1cc(N)cnc1NCCOCC(F)F. The van der Waals surface area contributed by atoms with Crippen LogP contribution in [0.2, 0.25) is 0 Å². The molecule has 0 radical (unpaired) electrons. The third-order valence-electron chi connectivity index (χ3n) is 1.88. The predicted molar refractivity (Wildman–Crippen MR) is 58.7 cm³/mol. The zero-order valence-electron chi connectivity index (χ0n) is 9.04. The van der Waals surface area contributed by atoms with Crippen LogP contribution in [0.15, 0.2) is 12.3 Å². The first-order valence-corrected chi connectivity index (χ1v) is 4.91. The van der Waals surface area contributed by atoms with Gasteiger partial charge in [-0.25, -0.2) is 13.8 Å². The summed E-state index contributed by atoms with van der Waals surface area (Å²) >= 11 is 0. The van der Waals surface area contributed by atoms with Crippen molar-refractivity contribution in [2.45, 2.75) is 13.3 Å². The van der Waals surface area contributed by atoms with E-state index in [9.17, 15) is 8.78 Å². The van der Waals surface area contributed by atoms with E-state index >= 15 is 0 Å². The van der Waals surface area contributed by atoms with Crippen LogP contribution in [0.3, 0.4) is 0 Å². The predicted octanol–water partition coefficient (Wildman–Crippen LogP) is 1.67. The lowest BCUT2D eigenvalue weighted by Crippen LogP contribution is -2.14. The summed E-state index contributed by atoms with van der Waals surface area (Å²) in [6, 6.07) is 1.79. The third-order valence-corrected chi connectivity index (χ3v) is 1.88. The van der Waals surface area contributed by atoms with Crippen LogP contribution < -0.4 is 11.1 Å². The molecule has 1 aromatic rings.